The number of rotatable bonds is 2. The summed E-state index contributed by atoms with van der Waals surface area (Å²) in [5, 5.41) is 25.0. The molecule has 0 fully saturated rings. The van der Waals surface area contributed by atoms with Crippen LogP contribution in [0.25, 0.3) is 11.6 Å². The maximum Gasteiger partial charge on any atom is 0.196 e. The van der Waals surface area contributed by atoms with Crippen molar-refractivity contribution >= 4 is 5.69 Å². The molecular weight excluding hydrogens is 246 g/mol. The predicted octanol–water partition coefficient (Wildman–Crippen LogP) is -0.303. The summed E-state index contributed by atoms with van der Waals surface area (Å²) in [5.41, 5.74) is 6.31. The Morgan fingerprint density at radius 2 is 1.58 bits per heavy atom. The van der Waals surface area contributed by atoms with Crippen molar-refractivity contribution in [3.8, 4) is 17.7 Å². The summed E-state index contributed by atoms with van der Waals surface area (Å²) in [7, 11) is 0. The predicted molar refractivity (Wildman–Crippen MR) is 63.2 cm³/mol. The quantitative estimate of drug-likeness (QED) is 0.664. The summed E-state index contributed by atoms with van der Waals surface area (Å²) < 4.78 is 0. The van der Waals surface area contributed by atoms with Gasteiger partial charge in [-0.15, -0.1) is 9.59 Å². The Morgan fingerprint density at radius 1 is 1.00 bits per heavy atom. The van der Waals surface area contributed by atoms with Gasteiger partial charge in [0, 0.05) is 6.07 Å². The summed E-state index contributed by atoms with van der Waals surface area (Å²) in [4.78, 5) is 6.78. The summed E-state index contributed by atoms with van der Waals surface area (Å²) in [5.74, 6) is 0.619. The third-order valence-electron chi connectivity index (χ3n) is 2.36. The van der Waals surface area contributed by atoms with Crippen LogP contribution in [0.3, 0.4) is 0 Å². The van der Waals surface area contributed by atoms with E-state index in [9.17, 15) is 0 Å². The van der Waals surface area contributed by atoms with Crippen LogP contribution in [-0.2, 0) is 0 Å². The van der Waals surface area contributed by atoms with Crippen molar-refractivity contribution in [1.29, 1.82) is 5.26 Å². The van der Waals surface area contributed by atoms with Gasteiger partial charge >= 0.3 is 0 Å². The lowest BCUT2D eigenvalue weighted by atomic mass is 10.2. The number of nitrogens with two attached hydrogens (primary N) is 1. The molecule has 0 spiro atoms. The van der Waals surface area contributed by atoms with E-state index in [1.807, 2.05) is 6.07 Å². The minimum absolute atomic E-state index is 0.201. The molecule has 0 saturated heterocycles. The van der Waals surface area contributed by atoms with Gasteiger partial charge in [-0.3, -0.25) is 0 Å². The average Bonchev–Trinajstić information content (AvgIpc) is 3.11. The molecule has 0 unspecified atom stereocenters. The molecule has 0 aromatic carbocycles. The number of pyridine rings is 1. The van der Waals surface area contributed by atoms with Gasteiger partial charge < -0.3 is 5.73 Å². The first-order valence-electron chi connectivity index (χ1n) is 5.23. The Balaban J connectivity index is 2.25. The molecule has 0 aliphatic carbocycles. The Bertz CT molecular complexity index is 736. The van der Waals surface area contributed by atoms with Crippen molar-refractivity contribution in [2.45, 2.75) is 0 Å². The van der Waals surface area contributed by atoms with Gasteiger partial charge in [0.2, 0.25) is 0 Å². The van der Waals surface area contributed by atoms with Crippen LogP contribution < -0.4 is 5.73 Å². The Labute approximate surface area is 106 Å². The maximum atomic E-state index is 9.14. The average molecular weight is 253 g/mol. The molecule has 0 amide bonds. The molecule has 92 valence electrons. The molecule has 0 aliphatic heterocycles. The van der Waals surface area contributed by atoms with Crippen molar-refractivity contribution in [1.82, 2.24) is 35.0 Å². The molecule has 2 N–H and O–H groups in total. The standard InChI is InChI=1S/C10H7N9/c11-6-7-8(12)5-9(18-13-1-2-14-18)17-10(7)19-15-3-4-16-19/h1-5H,(H2,12,17). The van der Waals surface area contributed by atoms with E-state index in [2.05, 4.69) is 25.4 Å². The third-order valence-corrected chi connectivity index (χ3v) is 2.36. The Morgan fingerprint density at radius 3 is 2.16 bits per heavy atom. The molecule has 9 nitrogen and oxygen atoms in total. The highest BCUT2D eigenvalue weighted by atomic mass is 15.5. The lowest BCUT2D eigenvalue weighted by molar-refractivity contribution is 0.694. The van der Waals surface area contributed by atoms with E-state index in [1.165, 1.54) is 40.4 Å². The van der Waals surface area contributed by atoms with E-state index in [0.717, 1.165) is 0 Å². The van der Waals surface area contributed by atoms with Gasteiger partial charge in [0.15, 0.2) is 11.6 Å². The fourth-order valence-electron chi connectivity index (χ4n) is 1.56. The second-order valence-corrected chi connectivity index (χ2v) is 3.52. The number of nitrogen functional groups attached to an aromatic ring is 1. The topological polar surface area (TPSA) is 124 Å². The normalized spacial score (nSPS) is 10.3. The summed E-state index contributed by atoms with van der Waals surface area (Å²) in [6.07, 6.45) is 6.00. The first-order chi connectivity index (χ1) is 9.29. The lowest BCUT2D eigenvalue weighted by Crippen LogP contribution is -2.11. The van der Waals surface area contributed by atoms with Crippen LogP contribution in [0.15, 0.2) is 30.9 Å². The van der Waals surface area contributed by atoms with Crippen molar-refractivity contribution < 1.29 is 0 Å². The molecule has 9 heteroatoms. The molecule has 3 aromatic heterocycles. The van der Waals surface area contributed by atoms with E-state index in [0.29, 0.717) is 5.82 Å². The summed E-state index contributed by atoms with van der Waals surface area (Å²) in [6.45, 7) is 0. The monoisotopic (exact) mass is 253 g/mol. The van der Waals surface area contributed by atoms with Crippen molar-refractivity contribution in [3.05, 3.63) is 36.4 Å². The zero-order valence-electron chi connectivity index (χ0n) is 9.54. The minimum Gasteiger partial charge on any atom is -0.397 e. The van der Waals surface area contributed by atoms with Gasteiger partial charge in [0.05, 0.1) is 30.5 Å². The number of aromatic nitrogens is 7. The van der Waals surface area contributed by atoms with Crippen LogP contribution in [0.4, 0.5) is 5.69 Å². The molecule has 3 heterocycles. The van der Waals surface area contributed by atoms with E-state index in [-0.39, 0.29) is 17.1 Å². The van der Waals surface area contributed by atoms with Gasteiger partial charge in [0.25, 0.3) is 0 Å². The molecular formula is C10H7N9. The largest absolute Gasteiger partial charge is 0.397 e. The van der Waals surface area contributed by atoms with Gasteiger partial charge in [-0.2, -0.15) is 25.7 Å². The first kappa shape index (κ1) is 10.8. The van der Waals surface area contributed by atoms with Crippen molar-refractivity contribution in [2.75, 3.05) is 5.73 Å². The van der Waals surface area contributed by atoms with Gasteiger partial charge in [-0.25, -0.2) is 4.98 Å². The molecule has 0 saturated carbocycles. The zero-order chi connectivity index (χ0) is 13.2. The highest BCUT2D eigenvalue weighted by Crippen LogP contribution is 2.19. The van der Waals surface area contributed by atoms with Gasteiger partial charge in [0.1, 0.15) is 11.6 Å². The SMILES string of the molecule is N#Cc1c(N)cc(-n2nccn2)nc1-n1nccn1. The van der Waals surface area contributed by atoms with Gasteiger partial charge in [-0.1, -0.05) is 0 Å². The van der Waals surface area contributed by atoms with Crippen LogP contribution in [0.2, 0.25) is 0 Å². The zero-order valence-corrected chi connectivity index (χ0v) is 9.54. The molecule has 0 atom stereocenters. The van der Waals surface area contributed by atoms with Crippen LogP contribution in [0.5, 0.6) is 0 Å². The van der Waals surface area contributed by atoms with Crippen LogP contribution >= 0.6 is 0 Å². The fraction of sp³-hybridized carbons (Fsp3) is 0. The van der Waals surface area contributed by atoms with Crippen molar-refractivity contribution in [3.63, 3.8) is 0 Å². The molecule has 0 radical (unpaired) electrons. The number of nitrogens with zero attached hydrogens (tertiary/aromatic N) is 8. The number of hydrogen-bond acceptors (Lipinski definition) is 7. The fourth-order valence-corrected chi connectivity index (χ4v) is 1.56. The van der Waals surface area contributed by atoms with Crippen molar-refractivity contribution in [2.24, 2.45) is 0 Å². The summed E-state index contributed by atoms with van der Waals surface area (Å²) >= 11 is 0. The molecule has 0 bridgehead atoms. The smallest absolute Gasteiger partial charge is 0.196 e. The molecule has 3 aromatic rings. The highest BCUT2D eigenvalue weighted by Gasteiger charge is 2.15. The molecule has 19 heavy (non-hydrogen) atoms. The molecule has 3 rings (SSSR count). The lowest BCUT2D eigenvalue weighted by Gasteiger charge is -2.07. The summed E-state index contributed by atoms with van der Waals surface area (Å²) in [6, 6.07) is 3.51. The number of anilines is 1. The van der Waals surface area contributed by atoms with Crippen LogP contribution in [-0.4, -0.2) is 35.0 Å². The van der Waals surface area contributed by atoms with Gasteiger partial charge in [-0.05, 0) is 0 Å². The van der Waals surface area contributed by atoms with Crippen LogP contribution in [0, 0.1) is 11.3 Å². The van der Waals surface area contributed by atoms with Crippen LogP contribution in [0.1, 0.15) is 5.56 Å². The minimum atomic E-state index is 0.201. The second-order valence-electron chi connectivity index (χ2n) is 3.52. The van der Waals surface area contributed by atoms with E-state index in [4.69, 9.17) is 11.0 Å². The maximum absolute atomic E-state index is 9.14. The number of hydrogen-bond donors (Lipinski definition) is 1. The van der Waals surface area contributed by atoms with E-state index in [1.54, 1.807) is 0 Å². The number of nitriles is 1. The Hall–Kier alpha value is -3.28. The first-order valence-corrected chi connectivity index (χ1v) is 5.23. The van der Waals surface area contributed by atoms with E-state index >= 15 is 0 Å². The highest BCUT2D eigenvalue weighted by molar-refractivity contribution is 5.63. The third kappa shape index (κ3) is 1.77. The molecule has 0 aliphatic rings. The second kappa shape index (κ2) is 4.19. The van der Waals surface area contributed by atoms with E-state index < -0.39 is 0 Å². The Kier molecular flexibility index (Phi) is 2.39.